The number of fused-ring (bicyclic) bond motifs is 1. The lowest BCUT2D eigenvalue weighted by Crippen LogP contribution is -3.13. The molecule has 1 saturated heterocycles. The van der Waals surface area contributed by atoms with Crippen molar-refractivity contribution in [2.75, 3.05) is 46.4 Å². The molecule has 31 heavy (non-hydrogen) atoms. The normalized spacial score (nSPS) is 18.3. The van der Waals surface area contributed by atoms with Crippen LogP contribution in [-0.2, 0) is 6.54 Å². The van der Waals surface area contributed by atoms with Crippen LogP contribution >= 0.6 is 15.9 Å². The number of aliphatic hydroxyl groups is 1. The fraction of sp³-hybridized carbons (Fsp3) is 0.348. The first-order valence-corrected chi connectivity index (χ1v) is 11.1. The van der Waals surface area contributed by atoms with E-state index < -0.39 is 0 Å². The summed E-state index contributed by atoms with van der Waals surface area (Å²) in [5.41, 5.74) is 1.68. The van der Waals surface area contributed by atoms with Gasteiger partial charge in [-0.15, -0.1) is 0 Å². The first-order chi connectivity index (χ1) is 15.0. The average molecular weight is 489 g/mol. The molecule has 0 saturated carbocycles. The van der Waals surface area contributed by atoms with Gasteiger partial charge in [-0.25, -0.2) is 0 Å². The number of β-amino-alcohol motifs (C(OH)–C–C–N with tert-alkyl or cyclic N) is 1. The van der Waals surface area contributed by atoms with E-state index in [0.29, 0.717) is 41.3 Å². The molecule has 0 atom stereocenters. The molecule has 2 heterocycles. The third-order valence-electron chi connectivity index (χ3n) is 5.78. The largest absolute Gasteiger partial charge is 0.872 e. The van der Waals surface area contributed by atoms with Crippen molar-refractivity contribution in [3.8, 4) is 17.2 Å². The first kappa shape index (κ1) is 21.8. The smallest absolute Gasteiger partial charge is 0.231 e. The maximum absolute atomic E-state index is 13.0. The van der Waals surface area contributed by atoms with Gasteiger partial charge in [-0.05, 0) is 30.3 Å². The Balaban J connectivity index is 1.58. The van der Waals surface area contributed by atoms with E-state index in [0.717, 1.165) is 30.7 Å². The Morgan fingerprint density at radius 3 is 2.77 bits per heavy atom. The number of Topliss-reactive ketones (excluding diaryl/α,β-unsaturated/α-hetero) is 1. The second-order valence-electron chi connectivity index (χ2n) is 7.74. The van der Waals surface area contributed by atoms with Crippen LogP contribution in [0.5, 0.6) is 17.2 Å². The summed E-state index contributed by atoms with van der Waals surface area (Å²) in [5, 5.41) is 21.8. The molecule has 8 heteroatoms. The van der Waals surface area contributed by atoms with Crippen molar-refractivity contribution in [3.63, 3.8) is 0 Å². The summed E-state index contributed by atoms with van der Waals surface area (Å²) in [6, 6.07) is 8.53. The molecule has 2 aliphatic heterocycles. The van der Waals surface area contributed by atoms with Crippen LogP contribution in [0.25, 0.3) is 6.08 Å². The van der Waals surface area contributed by atoms with Gasteiger partial charge in [0.05, 0.1) is 32.4 Å². The standard InChI is InChI=1S/C23H25BrN2O5/c1-30-20-5-2-16(24)12-15(20)13-21-22(29)17-3-4-19(28)18(23(17)31-21)14-26-8-6-25(7-9-26)10-11-27/h2-5,12-13,27-28H,6-11,14H2,1H3. The summed E-state index contributed by atoms with van der Waals surface area (Å²) in [6.45, 7) is 4.81. The molecule has 2 aromatic carbocycles. The highest BCUT2D eigenvalue weighted by Crippen LogP contribution is 2.39. The van der Waals surface area contributed by atoms with Crippen molar-refractivity contribution in [1.82, 2.24) is 4.90 Å². The number of rotatable bonds is 6. The van der Waals surface area contributed by atoms with Crippen molar-refractivity contribution in [3.05, 3.63) is 57.3 Å². The van der Waals surface area contributed by atoms with Gasteiger partial charge >= 0.3 is 0 Å². The number of carbonyl (C=O) groups excluding carboxylic acids is 1. The molecular weight excluding hydrogens is 464 g/mol. The topological polar surface area (TPSA) is 86.5 Å². The van der Waals surface area contributed by atoms with E-state index in [4.69, 9.17) is 14.6 Å². The van der Waals surface area contributed by atoms with E-state index >= 15 is 0 Å². The fourth-order valence-electron chi connectivity index (χ4n) is 4.08. The molecule has 2 aliphatic rings. The summed E-state index contributed by atoms with van der Waals surface area (Å²) in [5.74, 6) is 0.834. The summed E-state index contributed by atoms with van der Waals surface area (Å²) in [7, 11) is 1.57. The number of hydrogen-bond acceptors (Lipinski definition) is 6. The molecule has 0 amide bonds. The number of nitrogens with one attached hydrogen (secondary N) is 1. The zero-order valence-corrected chi connectivity index (χ0v) is 18.9. The lowest BCUT2D eigenvalue weighted by Gasteiger charge is -2.32. The summed E-state index contributed by atoms with van der Waals surface area (Å²) in [6.07, 6.45) is 1.65. The summed E-state index contributed by atoms with van der Waals surface area (Å²) >= 11 is 3.44. The van der Waals surface area contributed by atoms with Crippen LogP contribution in [-0.4, -0.2) is 62.2 Å². The van der Waals surface area contributed by atoms with Crippen molar-refractivity contribution in [2.24, 2.45) is 0 Å². The van der Waals surface area contributed by atoms with Crippen LogP contribution in [0.4, 0.5) is 0 Å². The molecule has 0 spiro atoms. The number of aliphatic hydroxyl groups excluding tert-OH is 1. The molecule has 0 aromatic heterocycles. The minimum Gasteiger partial charge on any atom is -0.872 e. The number of methoxy groups -OCH3 is 1. The monoisotopic (exact) mass is 488 g/mol. The van der Waals surface area contributed by atoms with Crippen LogP contribution in [0.1, 0.15) is 21.5 Å². The number of benzene rings is 2. The number of nitrogens with zero attached hydrogens (tertiary/aromatic N) is 1. The Bertz CT molecular complexity index is 1020. The third-order valence-corrected chi connectivity index (χ3v) is 6.28. The predicted molar refractivity (Wildman–Crippen MR) is 117 cm³/mol. The maximum atomic E-state index is 13.0. The minimum absolute atomic E-state index is 0.113. The van der Waals surface area contributed by atoms with Gasteiger partial charge < -0.3 is 24.6 Å². The molecule has 7 nitrogen and oxygen atoms in total. The molecule has 2 aromatic rings. The van der Waals surface area contributed by atoms with Crippen LogP contribution in [0.3, 0.4) is 0 Å². The van der Waals surface area contributed by atoms with Crippen LogP contribution < -0.4 is 19.5 Å². The van der Waals surface area contributed by atoms with E-state index in [1.54, 1.807) is 19.3 Å². The molecular formula is C23H25BrN2O5. The van der Waals surface area contributed by atoms with Gasteiger partial charge in [0.2, 0.25) is 5.78 Å². The number of quaternary nitrogens is 1. The minimum atomic E-state index is -0.235. The van der Waals surface area contributed by atoms with Crippen molar-refractivity contribution in [1.29, 1.82) is 0 Å². The van der Waals surface area contributed by atoms with Crippen molar-refractivity contribution >= 4 is 27.8 Å². The zero-order valence-electron chi connectivity index (χ0n) is 17.3. The van der Waals surface area contributed by atoms with Gasteiger partial charge in [0.1, 0.15) is 18.0 Å². The Hall–Kier alpha value is -2.39. The second-order valence-corrected chi connectivity index (χ2v) is 8.65. The van der Waals surface area contributed by atoms with E-state index in [2.05, 4.69) is 20.8 Å². The third kappa shape index (κ3) is 4.62. The first-order valence-electron chi connectivity index (χ1n) is 10.3. The van der Waals surface area contributed by atoms with Gasteiger partial charge in [0.15, 0.2) is 5.76 Å². The molecule has 164 valence electrons. The van der Waals surface area contributed by atoms with Gasteiger partial charge in [0.25, 0.3) is 0 Å². The number of halogens is 1. The highest BCUT2D eigenvalue weighted by Gasteiger charge is 2.32. The number of hydrogen-bond donors (Lipinski definition) is 2. The number of allylic oxidation sites excluding steroid dienone is 1. The summed E-state index contributed by atoms with van der Waals surface area (Å²) < 4.78 is 12.2. The Labute approximate surface area is 189 Å². The molecule has 0 bridgehead atoms. The number of piperazine rings is 1. The van der Waals surface area contributed by atoms with Gasteiger partial charge in [-0.3, -0.25) is 9.69 Å². The van der Waals surface area contributed by atoms with Gasteiger partial charge in [0, 0.05) is 35.2 Å². The van der Waals surface area contributed by atoms with E-state index in [1.807, 2.05) is 18.2 Å². The molecule has 2 N–H and O–H groups in total. The van der Waals surface area contributed by atoms with Crippen molar-refractivity contribution in [2.45, 2.75) is 6.54 Å². The Morgan fingerprint density at radius 1 is 1.29 bits per heavy atom. The molecule has 0 radical (unpaired) electrons. The van der Waals surface area contributed by atoms with Crippen molar-refractivity contribution < 1.29 is 29.4 Å². The van der Waals surface area contributed by atoms with Gasteiger partial charge in [-0.1, -0.05) is 27.7 Å². The lowest BCUT2D eigenvalue weighted by molar-refractivity contribution is -0.918. The molecule has 1 fully saturated rings. The van der Waals surface area contributed by atoms with E-state index in [1.165, 1.54) is 11.0 Å². The fourth-order valence-corrected chi connectivity index (χ4v) is 4.46. The molecule has 0 aliphatic carbocycles. The average Bonchev–Trinajstić information content (AvgIpc) is 3.07. The second kappa shape index (κ2) is 9.40. The maximum Gasteiger partial charge on any atom is 0.231 e. The number of carbonyl (C=O) groups is 1. The van der Waals surface area contributed by atoms with Crippen LogP contribution in [0, 0.1) is 0 Å². The van der Waals surface area contributed by atoms with E-state index in [9.17, 15) is 9.90 Å². The molecule has 4 rings (SSSR count). The number of ether oxygens (including phenoxy) is 2. The van der Waals surface area contributed by atoms with Crippen LogP contribution in [0.15, 0.2) is 40.6 Å². The van der Waals surface area contributed by atoms with Crippen LogP contribution in [0.2, 0.25) is 0 Å². The SMILES string of the molecule is COc1ccc(Br)cc1C=C1Oc2c(ccc([O-])c2C[NH+]2CCN(CCO)CC2)C1=O. The number of ketones is 1. The molecule has 0 unspecified atom stereocenters. The lowest BCUT2D eigenvalue weighted by atomic mass is 10.0. The summed E-state index contributed by atoms with van der Waals surface area (Å²) in [4.78, 5) is 16.4. The quantitative estimate of drug-likeness (QED) is 0.586. The van der Waals surface area contributed by atoms with E-state index in [-0.39, 0.29) is 23.9 Å². The highest BCUT2D eigenvalue weighted by molar-refractivity contribution is 9.10. The Kier molecular flexibility index (Phi) is 6.62. The Morgan fingerprint density at radius 2 is 2.06 bits per heavy atom. The van der Waals surface area contributed by atoms with Gasteiger partial charge in [-0.2, -0.15) is 0 Å². The predicted octanol–water partition coefficient (Wildman–Crippen LogP) is 0.840. The highest BCUT2D eigenvalue weighted by atomic mass is 79.9. The zero-order chi connectivity index (χ0) is 22.0.